The highest BCUT2D eigenvalue weighted by Gasteiger charge is 2.75. The molecule has 40 heavy (non-hydrogen) atoms. The molecule has 16 heteroatoms. The lowest BCUT2D eigenvalue weighted by atomic mass is 9.91. The van der Waals surface area contributed by atoms with Gasteiger partial charge in [-0.3, -0.25) is 4.79 Å². The Hall–Kier alpha value is -3.47. The van der Waals surface area contributed by atoms with Crippen molar-refractivity contribution in [2.75, 3.05) is 32.9 Å². The fourth-order valence-corrected chi connectivity index (χ4v) is 7.34. The van der Waals surface area contributed by atoms with E-state index in [2.05, 4.69) is 14.4 Å². The van der Waals surface area contributed by atoms with Crippen molar-refractivity contribution in [2.45, 2.75) is 27.8 Å². The molecule has 1 saturated heterocycles. The van der Waals surface area contributed by atoms with Crippen molar-refractivity contribution in [1.82, 2.24) is 14.8 Å². The topological polar surface area (TPSA) is 148 Å². The van der Waals surface area contributed by atoms with Crippen molar-refractivity contribution in [2.24, 2.45) is 0 Å². The molecule has 214 valence electrons. The van der Waals surface area contributed by atoms with Crippen LogP contribution < -0.4 is 4.72 Å². The van der Waals surface area contributed by atoms with Crippen LogP contribution in [-0.4, -0.2) is 74.1 Å². The van der Waals surface area contributed by atoms with E-state index in [0.29, 0.717) is 49.3 Å². The van der Waals surface area contributed by atoms with Gasteiger partial charge < -0.3 is 24.0 Å². The van der Waals surface area contributed by atoms with Gasteiger partial charge in [0, 0.05) is 19.2 Å². The predicted molar refractivity (Wildman–Crippen MR) is 132 cm³/mol. The number of nitrogens with zero attached hydrogens (tertiary/aromatic N) is 2. The van der Waals surface area contributed by atoms with Crippen molar-refractivity contribution >= 4 is 33.4 Å². The number of benzene rings is 1. The first kappa shape index (κ1) is 28.1. The van der Waals surface area contributed by atoms with Crippen molar-refractivity contribution in [3.05, 3.63) is 59.9 Å². The molecule has 1 aromatic carbocycles. The third-order valence-electron chi connectivity index (χ3n) is 6.86. The Balaban J connectivity index is 1.42. The van der Waals surface area contributed by atoms with Gasteiger partial charge in [-0.2, -0.15) is 17.9 Å². The second-order valence-electron chi connectivity index (χ2n) is 9.29. The summed E-state index contributed by atoms with van der Waals surface area (Å²) in [7, 11) is -4.51. The van der Waals surface area contributed by atoms with E-state index in [-0.39, 0.29) is 21.2 Å². The summed E-state index contributed by atoms with van der Waals surface area (Å²) in [4.78, 5) is 26.8. The number of halogens is 3. The van der Waals surface area contributed by atoms with Crippen LogP contribution in [0.4, 0.5) is 18.0 Å². The van der Waals surface area contributed by atoms with E-state index in [4.69, 9.17) is 9.47 Å². The van der Waals surface area contributed by atoms with Crippen molar-refractivity contribution < 1.29 is 50.3 Å². The summed E-state index contributed by atoms with van der Waals surface area (Å²) in [5.41, 5.74) is -3.28. The van der Waals surface area contributed by atoms with Gasteiger partial charge >= 0.3 is 18.2 Å². The maximum atomic E-state index is 13.4. The lowest BCUT2D eigenvalue weighted by molar-refractivity contribution is -0.155. The number of thiophene rings is 1. The molecule has 2 fully saturated rings. The SMILES string of the molecule is O=C(OCC1(c2ccccc2)C[C@]1(NS(=O)(=O)c1ccc(-c2cc(C(F)(F)F)on2)s1)C(=O)O)N1CCOCC1. The molecule has 2 atom stereocenters. The number of morpholine rings is 1. The van der Waals surface area contributed by atoms with E-state index < -0.39 is 51.6 Å². The Morgan fingerprint density at radius 1 is 1.15 bits per heavy atom. The maximum Gasteiger partial charge on any atom is 0.452 e. The summed E-state index contributed by atoms with van der Waals surface area (Å²) in [5, 5.41) is 13.6. The number of ether oxygens (including phenoxy) is 2. The molecule has 1 saturated carbocycles. The summed E-state index contributed by atoms with van der Waals surface area (Å²) >= 11 is 0.593. The number of hydrogen-bond acceptors (Lipinski definition) is 9. The number of nitrogens with one attached hydrogen (secondary N) is 1. The first-order valence-corrected chi connectivity index (χ1v) is 14.1. The molecule has 0 bridgehead atoms. The van der Waals surface area contributed by atoms with Gasteiger partial charge in [0.1, 0.15) is 22.0 Å². The number of amides is 1. The number of aromatic nitrogens is 1. The Bertz CT molecular complexity index is 1520. The van der Waals surface area contributed by atoms with Crippen LogP contribution in [0.25, 0.3) is 10.6 Å². The second-order valence-corrected chi connectivity index (χ2v) is 12.3. The van der Waals surface area contributed by atoms with E-state index in [1.807, 2.05) is 0 Å². The van der Waals surface area contributed by atoms with Crippen LogP contribution in [0.15, 0.2) is 57.3 Å². The highest BCUT2D eigenvalue weighted by molar-refractivity contribution is 7.91. The fraction of sp³-hybridized carbons (Fsp3) is 0.375. The predicted octanol–water partition coefficient (Wildman–Crippen LogP) is 3.33. The van der Waals surface area contributed by atoms with Crippen molar-refractivity contribution in [3.8, 4) is 10.6 Å². The highest BCUT2D eigenvalue weighted by Crippen LogP contribution is 2.59. The largest absolute Gasteiger partial charge is 0.480 e. The Kier molecular flexibility index (Phi) is 7.14. The number of hydrogen-bond donors (Lipinski definition) is 2. The van der Waals surface area contributed by atoms with Gasteiger partial charge in [0.05, 0.1) is 23.5 Å². The van der Waals surface area contributed by atoms with Crippen LogP contribution in [0.2, 0.25) is 0 Å². The van der Waals surface area contributed by atoms with Crippen LogP contribution in [0, 0.1) is 0 Å². The van der Waals surface area contributed by atoms with Crippen molar-refractivity contribution in [1.29, 1.82) is 0 Å². The Labute approximate surface area is 229 Å². The molecule has 5 rings (SSSR count). The van der Waals surface area contributed by atoms with Crippen LogP contribution in [0.5, 0.6) is 0 Å². The molecule has 1 aliphatic carbocycles. The smallest absolute Gasteiger partial charge is 0.452 e. The molecule has 0 radical (unpaired) electrons. The molecule has 3 aromatic rings. The molecule has 11 nitrogen and oxygen atoms in total. The first-order valence-electron chi connectivity index (χ1n) is 11.8. The summed E-state index contributed by atoms with van der Waals surface area (Å²) in [6.45, 7) is 0.824. The van der Waals surface area contributed by atoms with E-state index >= 15 is 0 Å². The maximum absolute atomic E-state index is 13.4. The van der Waals surface area contributed by atoms with E-state index in [1.165, 1.54) is 11.0 Å². The summed E-state index contributed by atoms with van der Waals surface area (Å²) in [6, 6.07) is 11.3. The monoisotopic (exact) mass is 601 g/mol. The van der Waals surface area contributed by atoms with Gasteiger partial charge in [0.2, 0.25) is 5.76 Å². The molecular weight excluding hydrogens is 579 g/mol. The average molecular weight is 602 g/mol. The molecule has 1 amide bonds. The van der Waals surface area contributed by atoms with Gasteiger partial charge in [-0.05, 0) is 24.1 Å². The number of sulfonamides is 1. The minimum atomic E-state index is -4.77. The summed E-state index contributed by atoms with van der Waals surface area (Å²) in [6.07, 6.45) is -5.67. The van der Waals surface area contributed by atoms with E-state index in [0.717, 1.165) is 6.07 Å². The number of aliphatic carboxylic acids is 1. The minimum absolute atomic E-state index is 0.0635. The number of carbonyl (C=O) groups excluding carboxylic acids is 1. The van der Waals surface area contributed by atoms with Crippen LogP contribution in [0.3, 0.4) is 0 Å². The molecule has 1 unspecified atom stereocenters. The number of alkyl halides is 3. The lowest BCUT2D eigenvalue weighted by Crippen LogP contribution is -2.50. The van der Waals surface area contributed by atoms with Crippen LogP contribution in [-0.2, 0) is 35.9 Å². The molecule has 1 aliphatic heterocycles. The third kappa shape index (κ3) is 5.07. The number of rotatable bonds is 8. The summed E-state index contributed by atoms with van der Waals surface area (Å²) in [5.74, 6) is -2.83. The normalized spacial score (nSPS) is 23.1. The number of carbonyl (C=O) groups is 2. The van der Waals surface area contributed by atoms with Crippen LogP contribution in [0.1, 0.15) is 17.7 Å². The molecule has 3 heterocycles. The molecule has 2 aliphatic rings. The Morgan fingerprint density at radius 2 is 1.85 bits per heavy atom. The van der Waals surface area contributed by atoms with Gasteiger partial charge in [-0.1, -0.05) is 35.5 Å². The zero-order valence-corrected chi connectivity index (χ0v) is 22.1. The quantitative estimate of drug-likeness (QED) is 0.397. The first-order chi connectivity index (χ1) is 18.9. The lowest BCUT2D eigenvalue weighted by Gasteiger charge is -2.28. The average Bonchev–Trinajstić information content (AvgIpc) is 3.30. The van der Waals surface area contributed by atoms with Gasteiger partial charge in [0.25, 0.3) is 10.0 Å². The van der Waals surface area contributed by atoms with Gasteiger partial charge in [-0.15, -0.1) is 11.3 Å². The van der Waals surface area contributed by atoms with E-state index in [9.17, 15) is 36.3 Å². The minimum Gasteiger partial charge on any atom is -0.480 e. The number of carboxylic acids is 1. The fourth-order valence-electron chi connectivity index (χ4n) is 4.66. The van der Waals surface area contributed by atoms with Gasteiger partial charge in [-0.25, -0.2) is 13.2 Å². The molecule has 2 aromatic heterocycles. The highest BCUT2D eigenvalue weighted by atomic mass is 32.2. The zero-order valence-electron chi connectivity index (χ0n) is 20.5. The second kappa shape index (κ2) is 10.2. The van der Waals surface area contributed by atoms with E-state index in [1.54, 1.807) is 30.3 Å². The standard InChI is InChI=1S/C24H22F3N3O8S2/c25-24(26,27)18-12-16(28-38-18)17-6-7-19(39-17)40(34,35)29-23(20(31)32)13-22(23,15-4-2-1-3-5-15)14-37-21(33)30-8-10-36-11-9-30/h1-7,12,29H,8-11,13-14H2,(H,31,32)/t22?,23-/m0/s1. The molecular formula is C24H22F3N3O8S2. The van der Waals surface area contributed by atoms with Crippen LogP contribution >= 0.6 is 11.3 Å². The molecule has 0 spiro atoms. The van der Waals surface area contributed by atoms with Gasteiger partial charge in [0.15, 0.2) is 0 Å². The van der Waals surface area contributed by atoms with Crippen molar-refractivity contribution in [3.63, 3.8) is 0 Å². The zero-order chi connectivity index (χ0) is 28.8. The molecule has 2 N–H and O–H groups in total. The number of carboxylic acid groups (broad SMARTS) is 1. The third-order valence-corrected chi connectivity index (χ3v) is 9.95. The Morgan fingerprint density at radius 3 is 2.48 bits per heavy atom. The summed E-state index contributed by atoms with van der Waals surface area (Å²) < 4.78 is 82.4.